The Balaban J connectivity index is 1.67. The van der Waals surface area contributed by atoms with Crippen molar-refractivity contribution in [2.24, 2.45) is 0 Å². The zero-order chi connectivity index (χ0) is 24.7. The Morgan fingerprint density at radius 1 is 1.06 bits per heavy atom. The van der Waals surface area contributed by atoms with Crippen molar-refractivity contribution in [2.45, 2.75) is 65.1 Å². The van der Waals surface area contributed by atoms with Crippen molar-refractivity contribution in [3.63, 3.8) is 0 Å². The van der Waals surface area contributed by atoms with Crippen LogP contribution in [0.1, 0.15) is 50.3 Å². The van der Waals surface area contributed by atoms with Gasteiger partial charge in [-0.1, -0.05) is 63.2 Å². The number of nitrogens with zero attached hydrogens (tertiary/aromatic N) is 4. The van der Waals surface area contributed by atoms with Gasteiger partial charge in [-0.2, -0.15) is 0 Å². The van der Waals surface area contributed by atoms with Crippen LogP contribution in [0.3, 0.4) is 0 Å². The molecule has 0 aliphatic carbocycles. The van der Waals surface area contributed by atoms with Crippen LogP contribution in [0.2, 0.25) is 0 Å². The number of para-hydroxylation sites is 1. The Labute approximate surface area is 204 Å². The summed E-state index contributed by atoms with van der Waals surface area (Å²) in [5.41, 5.74) is 4.14. The van der Waals surface area contributed by atoms with Crippen molar-refractivity contribution in [3.05, 3.63) is 92.4 Å². The third-order valence-electron chi connectivity index (χ3n) is 6.84. The molecule has 0 unspecified atom stereocenters. The summed E-state index contributed by atoms with van der Waals surface area (Å²) in [6.45, 7) is 9.91. The van der Waals surface area contributed by atoms with Crippen molar-refractivity contribution in [2.75, 3.05) is 6.61 Å². The van der Waals surface area contributed by atoms with E-state index in [4.69, 9.17) is 4.74 Å². The van der Waals surface area contributed by atoms with E-state index in [2.05, 4.69) is 50.0 Å². The summed E-state index contributed by atoms with van der Waals surface area (Å²) in [4.78, 5) is 31.9. The third-order valence-corrected chi connectivity index (χ3v) is 6.84. The molecule has 1 aliphatic heterocycles. The van der Waals surface area contributed by atoms with Gasteiger partial charge in [-0.15, -0.1) is 0 Å². The average molecular weight is 473 g/mol. The second kappa shape index (κ2) is 8.96. The SMILES string of the molecule is Cc1ccccc1-n1c(=O)n(C[C@@H]2CCCO2)c(=O)c2c1ncn2Cc1ccc(C(C)(C)C)cc1. The Morgan fingerprint density at radius 3 is 2.46 bits per heavy atom. The number of ether oxygens (including phenoxy) is 1. The van der Waals surface area contributed by atoms with Crippen LogP contribution in [0.5, 0.6) is 0 Å². The molecular formula is C28H32N4O3. The van der Waals surface area contributed by atoms with Gasteiger partial charge in [0.15, 0.2) is 11.2 Å². The minimum absolute atomic E-state index is 0.0693. The monoisotopic (exact) mass is 472 g/mol. The lowest BCUT2D eigenvalue weighted by Crippen LogP contribution is -2.42. The van der Waals surface area contributed by atoms with Crippen LogP contribution < -0.4 is 11.2 Å². The Morgan fingerprint density at radius 2 is 1.80 bits per heavy atom. The van der Waals surface area contributed by atoms with Gasteiger partial charge in [0.2, 0.25) is 0 Å². The zero-order valence-electron chi connectivity index (χ0n) is 20.8. The predicted molar refractivity (Wildman–Crippen MR) is 138 cm³/mol. The number of rotatable bonds is 5. The fourth-order valence-corrected chi connectivity index (χ4v) is 4.79. The summed E-state index contributed by atoms with van der Waals surface area (Å²) < 4.78 is 10.5. The molecule has 35 heavy (non-hydrogen) atoms. The molecule has 1 aliphatic rings. The molecule has 182 valence electrons. The van der Waals surface area contributed by atoms with Gasteiger partial charge in [-0.25, -0.2) is 14.3 Å². The van der Waals surface area contributed by atoms with E-state index in [1.165, 1.54) is 10.1 Å². The average Bonchev–Trinajstić information content (AvgIpc) is 3.48. The molecule has 0 bridgehead atoms. The van der Waals surface area contributed by atoms with Gasteiger partial charge < -0.3 is 9.30 Å². The largest absolute Gasteiger partial charge is 0.376 e. The Bertz CT molecular complexity index is 1480. The van der Waals surface area contributed by atoms with Crippen LogP contribution in [0.4, 0.5) is 0 Å². The summed E-state index contributed by atoms with van der Waals surface area (Å²) in [5, 5.41) is 0. The van der Waals surface area contributed by atoms with Gasteiger partial charge in [0.25, 0.3) is 5.56 Å². The first-order valence-corrected chi connectivity index (χ1v) is 12.2. The quantitative estimate of drug-likeness (QED) is 0.437. The van der Waals surface area contributed by atoms with Gasteiger partial charge in [0.1, 0.15) is 0 Å². The lowest BCUT2D eigenvalue weighted by molar-refractivity contribution is 0.0950. The molecule has 1 fully saturated rings. The summed E-state index contributed by atoms with van der Waals surface area (Å²) >= 11 is 0. The fraction of sp³-hybridized carbons (Fsp3) is 0.393. The molecule has 0 spiro atoms. The first-order valence-electron chi connectivity index (χ1n) is 12.2. The molecule has 0 N–H and O–H groups in total. The van der Waals surface area contributed by atoms with Crippen LogP contribution in [-0.2, 0) is 23.2 Å². The van der Waals surface area contributed by atoms with E-state index in [1.807, 2.05) is 35.8 Å². The van der Waals surface area contributed by atoms with E-state index < -0.39 is 0 Å². The molecule has 0 amide bonds. The number of aryl methyl sites for hydroxylation is 1. The van der Waals surface area contributed by atoms with Gasteiger partial charge >= 0.3 is 5.69 Å². The van der Waals surface area contributed by atoms with Crippen molar-refractivity contribution < 1.29 is 4.74 Å². The number of fused-ring (bicyclic) bond motifs is 1. The highest BCUT2D eigenvalue weighted by molar-refractivity contribution is 5.73. The van der Waals surface area contributed by atoms with Crippen molar-refractivity contribution in [1.82, 2.24) is 18.7 Å². The summed E-state index contributed by atoms with van der Waals surface area (Å²) in [6.07, 6.45) is 3.31. The van der Waals surface area contributed by atoms with Gasteiger partial charge in [0.05, 0.1) is 24.7 Å². The van der Waals surface area contributed by atoms with Crippen LogP contribution in [0, 0.1) is 6.92 Å². The van der Waals surface area contributed by atoms with E-state index >= 15 is 0 Å². The van der Waals surface area contributed by atoms with E-state index in [9.17, 15) is 9.59 Å². The zero-order valence-corrected chi connectivity index (χ0v) is 20.8. The normalized spacial score (nSPS) is 16.3. The maximum absolute atomic E-state index is 13.7. The maximum Gasteiger partial charge on any atom is 0.337 e. The molecule has 2 aromatic heterocycles. The lowest BCUT2D eigenvalue weighted by atomic mass is 9.87. The molecule has 3 heterocycles. The van der Waals surface area contributed by atoms with E-state index in [0.29, 0.717) is 24.3 Å². The van der Waals surface area contributed by atoms with Crippen molar-refractivity contribution in [1.29, 1.82) is 0 Å². The van der Waals surface area contributed by atoms with Crippen LogP contribution in [0.15, 0.2) is 64.4 Å². The molecule has 5 rings (SSSR count). The molecule has 1 atom stereocenters. The minimum atomic E-state index is -0.382. The molecule has 1 saturated heterocycles. The molecule has 7 nitrogen and oxygen atoms in total. The maximum atomic E-state index is 13.7. The number of aromatic nitrogens is 4. The number of hydrogen-bond acceptors (Lipinski definition) is 4. The molecule has 7 heteroatoms. The molecule has 2 aromatic carbocycles. The highest BCUT2D eigenvalue weighted by Gasteiger charge is 2.24. The summed E-state index contributed by atoms with van der Waals surface area (Å²) in [6, 6.07) is 16.1. The predicted octanol–water partition coefficient (Wildman–Crippen LogP) is 4.18. The molecule has 0 radical (unpaired) electrons. The first kappa shape index (κ1) is 23.3. The summed E-state index contributed by atoms with van der Waals surface area (Å²) in [7, 11) is 0. The van der Waals surface area contributed by atoms with Crippen molar-refractivity contribution >= 4 is 11.2 Å². The van der Waals surface area contributed by atoms with Gasteiger partial charge in [-0.3, -0.25) is 9.36 Å². The second-order valence-corrected chi connectivity index (χ2v) is 10.4. The second-order valence-electron chi connectivity index (χ2n) is 10.4. The molecular weight excluding hydrogens is 440 g/mol. The molecule has 0 saturated carbocycles. The fourth-order valence-electron chi connectivity index (χ4n) is 4.79. The highest BCUT2D eigenvalue weighted by Crippen LogP contribution is 2.23. The van der Waals surface area contributed by atoms with Crippen LogP contribution in [0.25, 0.3) is 16.9 Å². The number of imidazole rings is 1. The van der Waals surface area contributed by atoms with E-state index in [1.54, 1.807) is 10.9 Å². The van der Waals surface area contributed by atoms with Gasteiger partial charge in [-0.05, 0) is 47.9 Å². The smallest absolute Gasteiger partial charge is 0.337 e. The number of hydrogen-bond donors (Lipinski definition) is 0. The van der Waals surface area contributed by atoms with Crippen molar-refractivity contribution in [3.8, 4) is 5.69 Å². The standard InChI is InChI=1S/C28H32N4O3/c1-19-8-5-6-10-23(19)32-25-24(26(33)31(27(32)34)17-22-9-7-15-35-22)30(18-29-25)16-20-11-13-21(14-12-20)28(2,3)4/h5-6,8,10-14,18,22H,7,9,15-17H2,1-4H3/t22-/m0/s1. The van der Waals surface area contributed by atoms with Crippen LogP contribution in [-0.4, -0.2) is 31.4 Å². The Hall–Kier alpha value is -3.45. The lowest BCUT2D eigenvalue weighted by Gasteiger charge is -2.19. The van der Waals surface area contributed by atoms with E-state index in [0.717, 1.165) is 29.7 Å². The van der Waals surface area contributed by atoms with Crippen LogP contribution >= 0.6 is 0 Å². The Kier molecular flexibility index (Phi) is 5.97. The highest BCUT2D eigenvalue weighted by atomic mass is 16.5. The topological polar surface area (TPSA) is 71.1 Å². The molecule has 4 aromatic rings. The summed E-state index contributed by atoms with van der Waals surface area (Å²) in [5.74, 6) is 0. The minimum Gasteiger partial charge on any atom is -0.376 e. The third kappa shape index (κ3) is 4.36. The number of benzene rings is 2. The first-order chi connectivity index (χ1) is 16.7. The van der Waals surface area contributed by atoms with E-state index in [-0.39, 0.29) is 29.3 Å². The van der Waals surface area contributed by atoms with Gasteiger partial charge in [0, 0.05) is 13.2 Å².